The molecule has 1 aromatic carbocycles. The van der Waals surface area contributed by atoms with Gasteiger partial charge in [-0.2, -0.15) is 0 Å². The van der Waals surface area contributed by atoms with Crippen molar-refractivity contribution in [2.24, 2.45) is 0 Å². The summed E-state index contributed by atoms with van der Waals surface area (Å²) in [6.45, 7) is 5.30. The maximum Gasteiger partial charge on any atom is 0.419 e. The number of rotatable bonds is 1. The number of carbonyl (C=O) groups excluding carboxylic acids is 1. The van der Waals surface area contributed by atoms with Crippen LogP contribution in [-0.2, 0) is 4.74 Å². The summed E-state index contributed by atoms with van der Waals surface area (Å²) in [6, 6.07) is 4.63. The van der Waals surface area contributed by atoms with Crippen molar-refractivity contribution in [3.63, 3.8) is 0 Å². The van der Waals surface area contributed by atoms with Crippen molar-refractivity contribution in [3.05, 3.63) is 38.1 Å². The highest BCUT2D eigenvalue weighted by Gasteiger charge is 2.23. The van der Waals surface area contributed by atoms with Crippen LogP contribution in [0.3, 0.4) is 0 Å². The number of carbonyl (C=O) groups is 1. The van der Waals surface area contributed by atoms with Gasteiger partial charge in [0, 0.05) is 15.8 Å². The zero-order valence-corrected chi connectivity index (χ0v) is 13.4. The van der Waals surface area contributed by atoms with Crippen LogP contribution in [0.5, 0.6) is 0 Å². The van der Waals surface area contributed by atoms with E-state index in [1.54, 1.807) is 39.1 Å². The van der Waals surface area contributed by atoms with Gasteiger partial charge in [-0.25, -0.2) is 4.79 Å². The Bertz CT molecular complexity index is 700. The molecule has 0 radical (unpaired) electrons. The molecule has 20 heavy (non-hydrogen) atoms. The molecule has 0 aliphatic carbocycles. The highest BCUT2D eigenvalue weighted by atomic mass is 127. The number of ether oxygens (including phenoxy) is 1. The Morgan fingerprint density at radius 1 is 1.40 bits per heavy atom. The molecule has 7 heteroatoms. The van der Waals surface area contributed by atoms with E-state index in [4.69, 9.17) is 4.74 Å². The van der Waals surface area contributed by atoms with Gasteiger partial charge in [-0.05, 0) is 49.4 Å². The molecule has 2 rings (SSSR count). The minimum atomic E-state index is -0.625. The van der Waals surface area contributed by atoms with Crippen molar-refractivity contribution in [1.29, 1.82) is 0 Å². The van der Waals surface area contributed by atoms with Gasteiger partial charge in [0.25, 0.3) is 5.69 Å². The number of fused-ring (bicyclic) bond motifs is 1. The second-order valence-electron chi connectivity index (χ2n) is 5.26. The third kappa shape index (κ3) is 2.77. The first-order valence-electron chi connectivity index (χ1n) is 5.88. The maximum absolute atomic E-state index is 12.1. The van der Waals surface area contributed by atoms with Crippen molar-refractivity contribution in [2.75, 3.05) is 0 Å². The average molecular weight is 388 g/mol. The van der Waals surface area contributed by atoms with Gasteiger partial charge in [0.15, 0.2) is 0 Å². The Balaban J connectivity index is 2.60. The second kappa shape index (κ2) is 5.04. The smallest absolute Gasteiger partial charge is 0.419 e. The minimum Gasteiger partial charge on any atom is -0.443 e. The molecule has 0 amide bonds. The SMILES string of the molecule is CC(C)(C)OC(=O)n1cc(I)c2c([N+](=O)[O-])cccc21. The Labute approximate surface area is 129 Å². The molecule has 0 atom stereocenters. The molecule has 0 aliphatic rings. The Morgan fingerprint density at radius 3 is 2.60 bits per heavy atom. The summed E-state index contributed by atoms with van der Waals surface area (Å²) < 4.78 is 7.23. The molecule has 106 valence electrons. The third-order valence-corrected chi connectivity index (χ3v) is 3.37. The fourth-order valence-electron chi connectivity index (χ4n) is 1.84. The van der Waals surface area contributed by atoms with Crippen LogP contribution in [-0.4, -0.2) is 21.2 Å². The molecule has 6 nitrogen and oxygen atoms in total. The molecular weight excluding hydrogens is 375 g/mol. The van der Waals surface area contributed by atoms with E-state index in [9.17, 15) is 14.9 Å². The standard InChI is InChI=1S/C13H13IN2O4/c1-13(2,3)20-12(17)15-7-8(14)11-9(15)5-4-6-10(11)16(18)19/h4-7H,1-3H3. The van der Waals surface area contributed by atoms with Gasteiger partial charge >= 0.3 is 6.09 Å². The quantitative estimate of drug-likeness (QED) is 0.422. The van der Waals surface area contributed by atoms with E-state index in [-0.39, 0.29) is 5.69 Å². The molecule has 1 aromatic heterocycles. The van der Waals surface area contributed by atoms with E-state index >= 15 is 0 Å². The number of hydrogen-bond acceptors (Lipinski definition) is 4. The number of non-ortho nitro benzene ring substituents is 1. The van der Waals surface area contributed by atoms with E-state index in [0.29, 0.717) is 14.5 Å². The molecule has 0 spiro atoms. The minimum absolute atomic E-state index is 0.0193. The molecule has 0 unspecified atom stereocenters. The summed E-state index contributed by atoms with van der Waals surface area (Å²) in [4.78, 5) is 22.7. The van der Waals surface area contributed by atoms with Crippen LogP contribution in [0.4, 0.5) is 10.5 Å². The lowest BCUT2D eigenvalue weighted by molar-refractivity contribution is -0.383. The third-order valence-electron chi connectivity index (χ3n) is 2.55. The van der Waals surface area contributed by atoms with Crippen LogP contribution in [0, 0.1) is 13.7 Å². The van der Waals surface area contributed by atoms with Gasteiger partial charge in [-0.15, -0.1) is 0 Å². The molecular formula is C13H13IN2O4. The summed E-state index contributed by atoms with van der Waals surface area (Å²) in [7, 11) is 0. The normalized spacial score (nSPS) is 11.6. The molecule has 0 bridgehead atoms. The van der Waals surface area contributed by atoms with E-state index in [1.807, 2.05) is 22.6 Å². The average Bonchev–Trinajstić information content (AvgIpc) is 2.65. The Morgan fingerprint density at radius 2 is 2.05 bits per heavy atom. The van der Waals surface area contributed by atoms with Crippen LogP contribution in [0.15, 0.2) is 24.4 Å². The number of aromatic nitrogens is 1. The first-order chi connectivity index (χ1) is 9.20. The van der Waals surface area contributed by atoms with E-state index in [1.165, 1.54) is 10.6 Å². The lowest BCUT2D eigenvalue weighted by atomic mass is 10.2. The number of hydrogen-bond donors (Lipinski definition) is 0. The summed E-state index contributed by atoms with van der Waals surface area (Å²) in [6.07, 6.45) is 0.998. The Kier molecular flexibility index (Phi) is 3.72. The highest BCUT2D eigenvalue weighted by Crippen LogP contribution is 2.31. The number of benzene rings is 1. The van der Waals surface area contributed by atoms with E-state index in [0.717, 1.165) is 0 Å². The summed E-state index contributed by atoms with van der Waals surface area (Å²) in [5, 5.41) is 11.5. The summed E-state index contributed by atoms with van der Waals surface area (Å²) in [5.41, 5.74) is -0.174. The van der Waals surface area contributed by atoms with Gasteiger partial charge in [0.2, 0.25) is 0 Å². The lowest BCUT2D eigenvalue weighted by Crippen LogP contribution is -2.26. The van der Waals surface area contributed by atoms with Gasteiger partial charge in [-0.1, -0.05) is 6.07 Å². The first kappa shape index (κ1) is 14.8. The largest absolute Gasteiger partial charge is 0.443 e. The number of halogens is 1. The predicted octanol–water partition coefficient (Wildman–Crippen LogP) is 3.94. The van der Waals surface area contributed by atoms with Crippen molar-refractivity contribution in [3.8, 4) is 0 Å². The number of nitro groups is 1. The number of nitrogens with zero attached hydrogens (tertiary/aromatic N) is 2. The maximum atomic E-state index is 12.1. The molecule has 0 aliphatic heterocycles. The van der Waals surface area contributed by atoms with Crippen LogP contribution in [0.25, 0.3) is 10.9 Å². The van der Waals surface area contributed by atoms with E-state index < -0.39 is 16.6 Å². The fraction of sp³-hybridized carbons (Fsp3) is 0.308. The van der Waals surface area contributed by atoms with Crippen LogP contribution in [0.1, 0.15) is 20.8 Å². The fourth-order valence-corrected chi connectivity index (χ4v) is 2.67. The second-order valence-corrected chi connectivity index (χ2v) is 6.42. The van der Waals surface area contributed by atoms with Gasteiger partial charge in [0.1, 0.15) is 5.60 Å². The summed E-state index contributed by atoms with van der Waals surface area (Å²) in [5.74, 6) is 0. The zero-order valence-electron chi connectivity index (χ0n) is 11.2. The lowest BCUT2D eigenvalue weighted by Gasteiger charge is -2.19. The van der Waals surface area contributed by atoms with Crippen LogP contribution >= 0.6 is 22.6 Å². The molecule has 0 N–H and O–H groups in total. The zero-order chi connectivity index (χ0) is 15.1. The topological polar surface area (TPSA) is 74.4 Å². The van der Waals surface area contributed by atoms with Crippen LogP contribution in [0.2, 0.25) is 0 Å². The molecule has 0 fully saturated rings. The van der Waals surface area contributed by atoms with Gasteiger partial charge in [-0.3, -0.25) is 14.7 Å². The number of nitro benzene ring substituents is 1. The molecule has 0 saturated carbocycles. The monoisotopic (exact) mass is 388 g/mol. The molecule has 2 aromatic rings. The van der Waals surface area contributed by atoms with Crippen molar-refractivity contribution < 1.29 is 14.5 Å². The van der Waals surface area contributed by atoms with Crippen LogP contribution < -0.4 is 0 Å². The highest BCUT2D eigenvalue weighted by molar-refractivity contribution is 14.1. The first-order valence-corrected chi connectivity index (χ1v) is 6.96. The van der Waals surface area contributed by atoms with Crippen molar-refractivity contribution >= 4 is 45.3 Å². The van der Waals surface area contributed by atoms with Gasteiger partial charge in [0.05, 0.1) is 15.8 Å². The van der Waals surface area contributed by atoms with Crippen molar-refractivity contribution in [2.45, 2.75) is 26.4 Å². The van der Waals surface area contributed by atoms with Gasteiger partial charge < -0.3 is 4.74 Å². The Hall–Kier alpha value is -1.64. The van der Waals surface area contributed by atoms with E-state index in [2.05, 4.69) is 0 Å². The van der Waals surface area contributed by atoms with Crippen molar-refractivity contribution in [1.82, 2.24) is 4.57 Å². The molecule has 1 heterocycles. The molecule has 0 saturated heterocycles. The summed E-state index contributed by atoms with van der Waals surface area (Å²) >= 11 is 1.98. The predicted molar refractivity (Wildman–Crippen MR) is 82.9 cm³/mol.